The maximum Gasteiger partial charge on any atom is 0.255 e. The van der Waals surface area contributed by atoms with Crippen LogP contribution in [-0.2, 0) is 27.4 Å². The molecule has 0 bridgehead atoms. The van der Waals surface area contributed by atoms with Crippen molar-refractivity contribution in [2.45, 2.75) is 38.4 Å². The lowest BCUT2D eigenvalue weighted by atomic mass is 10.0. The number of imide groups is 1. The minimum absolute atomic E-state index is 0.142. The summed E-state index contributed by atoms with van der Waals surface area (Å²) in [7, 11) is 0. The number of carbonyl (C=O) groups is 3. The first-order chi connectivity index (χ1) is 13.1. The molecule has 4 N–H and O–H groups in total. The molecule has 2 aliphatic heterocycles. The molecule has 0 aromatic heterocycles. The average molecular weight is 374 g/mol. The second kappa shape index (κ2) is 9.07. The molecule has 1 atom stereocenters. The summed E-state index contributed by atoms with van der Waals surface area (Å²) in [5, 5.41) is 5.69. The number of fused-ring (bicyclic) bond motifs is 1. The third-order valence-electron chi connectivity index (χ3n) is 4.90. The van der Waals surface area contributed by atoms with Crippen molar-refractivity contribution >= 4 is 17.7 Å². The van der Waals surface area contributed by atoms with E-state index in [2.05, 4.69) is 10.6 Å². The van der Waals surface area contributed by atoms with Crippen LogP contribution in [0.25, 0.3) is 0 Å². The highest BCUT2D eigenvalue weighted by atomic mass is 16.5. The number of nitrogens with zero attached hydrogens (tertiary/aromatic N) is 1. The summed E-state index contributed by atoms with van der Waals surface area (Å²) in [6.07, 6.45) is 1.52. The SMILES string of the molecule is NCCOCCCNCc1cccc2c1CN(C1CCC(=O)NC1=O)C2=O. The van der Waals surface area contributed by atoms with Gasteiger partial charge in [-0.15, -0.1) is 0 Å². The fourth-order valence-corrected chi connectivity index (χ4v) is 3.52. The Morgan fingerprint density at radius 1 is 1.26 bits per heavy atom. The van der Waals surface area contributed by atoms with Crippen molar-refractivity contribution in [1.82, 2.24) is 15.5 Å². The van der Waals surface area contributed by atoms with Gasteiger partial charge in [-0.2, -0.15) is 0 Å². The number of ether oxygens (including phenoxy) is 1. The molecule has 0 aliphatic carbocycles. The second-order valence-corrected chi connectivity index (χ2v) is 6.77. The van der Waals surface area contributed by atoms with Gasteiger partial charge in [-0.05, 0) is 36.6 Å². The first kappa shape index (κ1) is 19.5. The van der Waals surface area contributed by atoms with Crippen LogP contribution in [-0.4, -0.2) is 55.0 Å². The number of piperidine rings is 1. The lowest BCUT2D eigenvalue weighted by Gasteiger charge is -2.29. The predicted molar refractivity (Wildman–Crippen MR) is 98.7 cm³/mol. The molecule has 2 aliphatic rings. The summed E-state index contributed by atoms with van der Waals surface area (Å²) >= 11 is 0. The summed E-state index contributed by atoms with van der Waals surface area (Å²) in [6.45, 7) is 3.62. The Balaban J connectivity index is 1.59. The Bertz CT molecular complexity index is 722. The molecule has 146 valence electrons. The monoisotopic (exact) mass is 374 g/mol. The highest BCUT2D eigenvalue weighted by Gasteiger charge is 2.39. The molecule has 0 saturated carbocycles. The van der Waals surface area contributed by atoms with E-state index in [1.54, 1.807) is 11.0 Å². The fourth-order valence-electron chi connectivity index (χ4n) is 3.52. The van der Waals surface area contributed by atoms with E-state index < -0.39 is 6.04 Å². The van der Waals surface area contributed by atoms with Crippen molar-refractivity contribution < 1.29 is 19.1 Å². The number of nitrogens with two attached hydrogens (primary N) is 1. The molecule has 3 rings (SSSR count). The third-order valence-corrected chi connectivity index (χ3v) is 4.90. The molecule has 1 aromatic carbocycles. The van der Waals surface area contributed by atoms with Crippen LogP contribution in [0.3, 0.4) is 0 Å². The fraction of sp³-hybridized carbons (Fsp3) is 0.526. The molecule has 3 amide bonds. The molecule has 8 heteroatoms. The molecule has 1 fully saturated rings. The predicted octanol–water partition coefficient (Wildman–Crippen LogP) is -0.0974. The van der Waals surface area contributed by atoms with Crippen LogP contribution in [0.4, 0.5) is 0 Å². The van der Waals surface area contributed by atoms with Gasteiger partial charge < -0.3 is 20.7 Å². The number of hydrogen-bond donors (Lipinski definition) is 3. The van der Waals surface area contributed by atoms with E-state index in [1.807, 2.05) is 12.1 Å². The van der Waals surface area contributed by atoms with Crippen LogP contribution >= 0.6 is 0 Å². The van der Waals surface area contributed by atoms with Gasteiger partial charge in [0.2, 0.25) is 11.8 Å². The Morgan fingerprint density at radius 2 is 2.11 bits per heavy atom. The summed E-state index contributed by atoms with van der Waals surface area (Å²) in [5.41, 5.74) is 8.03. The lowest BCUT2D eigenvalue weighted by Crippen LogP contribution is -2.52. The zero-order chi connectivity index (χ0) is 19.2. The summed E-state index contributed by atoms with van der Waals surface area (Å²) < 4.78 is 5.34. The van der Waals surface area contributed by atoms with Crippen LogP contribution < -0.4 is 16.4 Å². The molecule has 8 nitrogen and oxygen atoms in total. The molecule has 0 spiro atoms. The highest BCUT2D eigenvalue weighted by molar-refractivity contribution is 6.05. The number of amides is 3. The van der Waals surface area contributed by atoms with Gasteiger partial charge in [-0.3, -0.25) is 19.7 Å². The number of carbonyl (C=O) groups excluding carboxylic acids is 3. The Hall–Kier alpha value is -2.29. The van der Waals surface area contributed by atoms with E-state index in [1.165, 1.54) is 0 Å². The molecule has 1 saturated heterocycles. The van der Waals surface area contributed by atoms with Gasteiger partial charge in [0.05, 0.1) is 6.61 Å². The maximum absolute atomic E-state index is 12.8. The van der Waals surface area contributed by atoms with Crippen molar-refractivity contribution in [3.8, 4) is 0 Å². The maximum atomic E-state index is 12.8. The zero-order valence-electron chi connectivity index (χ0n) is 15.3. The van der Waals surface area contributed by atoms with Crippen LogP contribution in [0.15, 0.2) is 18.2 Å². The second-order valence-electron chi connectivity index (χ2n) is 6.77. The summed E-state index contributed by atoms with van der Waals surface area (Å²) in [5.74, 6) is -0.804. The summed E-state index contributed by atoms with van der Waals surface area (Å²) in [6, 6.07) is 5.08. The van der Waals surface area contributed by atoms with Crippen LogP contribution in [0.1, 0.15) is 40.7 Å². The Labute approximate surface area is 158 Å². The van der Waals surface area contributed by atoms with E-state index >= 15 is 0 Å². The van der Waals surface area contributed by atoms with Crippen LogP contribution in [0.2, 0.25) is 0 Å². The van der Waals surface area contributed by atoms with E-state index in [-0.39, 0.29) is 24.1 Å². The average Bonchev–Trinajstić information content (AvgIpc) is 2.98. The normalized spacial score (nSPS) is 19.4. The van der Waals surface area contributed by atoms with E-state index in [0.29, 0.717) is 44.8 Å². The van der Waals surface area contributed by atoms with Gasteiger partial charge in [0.15, 0.2) is 0 Å². The molecule has 2 heterocycles. The van der Waals surface area contributed by atoms with E-state index in [4.69, 9.17) is 10.5 Å². The van der Waals surface area contributed by atoms with E-state index in [9.17, 15) is 14.4 Å². The Kier molecular flexibility index (Phi) is 6.54. The first-order valence-corrected chi connectivity index (χ1v) is 9.35. The third kappa shape index (κ3) is 4.52. The molecular weight excluding hydrogens is 348 g/mol. The van der Waals surface area contributed by atoms with Gasteiger partial charge in [0, 0.05) is 38.2 Å². The largest absolute Gasteiger partial charge is 0.380 e. The Morgan fingerprint density at radius 3 is 2.89 bits per heavy atom. The molecule has 27 heavy (non-hydrogen) atoms. The van der Waals surface area contributed by atoms with E-state index in [0.717, 1.165) is 24.1 Å². The van der Waals surface area contributed by atoms with Crippen molar-refractivity contribution in [2.24, 2.45) is 5.73 Å². The minimum Gasteiger partial charge on any atom is -0.380 e. The topological polar surface area (TPSA) is 114 Å². The minimum atomic E-state index is -0.580. The highest BCUT2D eigenvalue weighted by Crippen LogP contribution is 2.29. The molecule has 1 aromatic rings. The quantitative estimate of drug-likeness (QED) is 0.411. The van der Waals surface area contributed by atoms with Gasteiger partial charge in [-0.25, -0.2) is 0 Å². The lowest BCUT2D eigenvalue weighted by molar-refractivity contribution is -0.136. The summed E-state index contributed by atoms with van der Waals surface area (Å²) in [4.78, 5) is 37.8. The zero-order valence-corrected chi connectivity index (χ0v) is 15.3. The smallest absolute Gasteiger partial charge is 0.255 e. The molecular formula is C19H26N4O4. The van der Waals surface area contributed by atoms with Gasteiger partial charge in [0.1, 0.15) is 6.04 Å². The van der Waals surface area contributed by atoms with Crippen LogP contribution in [0, 0.1) is 0 Å². The van der Waals surface area contributed by atoms with Crippen LogP contribution in [0.5, 0.6) is 0 Å². The molecule has 0 radical (unpaired) electrons. The van der Waals surface area contributed by atoms with Gasteiger partial charge in [-0.1, -0.05) is 12.1 Å². The van der Waals surface area contributed by atoms with Gasteiger partial charge >= 0.3 is 0 Å². The molecule has 1 unspecified atom stereocenters. The number of rotatable bonds is 9. The van der Waals surface area contributed by atoms with Gasteiger partial charge in [0.25, 0.3) is 5.91 Å². The number of hydrogen-bond acceptors (Lipinski definition) is 6. The van der Waals surface area contributed by atoms with Crippen molar-refractivity contribution in [3.63, 3.8) is 0 Å². The number of benzene rings is 1. The number of nitrogens with one attached hydrogen (secondary N) is 2. The first-order valence-electron chi connectivity index (χ1n) is 9.35. The standard InChI is InChI=1S/C19H26N4O4/c20-7-10-27-9-2-8-21-11-13-3-1-4-14-15(13)12-23(19(14)26)16-5-6-17(24)22-18(16)25/h1,3-4,16,21H,2,5-12,20H2,(H,22,24,25). The van der Waals surface area contributed by atoms with Crippen molar-refractivity contribution in [2.75, 3.05) is 26.3 Å². The van der Waals surface area contributed by atoms with Crippen molar-refractivity contribution in [1.29, 1.82) is 0 Å². The van der Waals surface area contributed by atoms with Crippen molar-refractivity contribution in [3.05, 3.63) is 34.9 Å².